The average molecular weight is 560 g/mol. The fraction of sp³-hybridized carbons (Fsp3) is 0.538. The summed E-state index contributed by atoms with van der Waals surface area (Å²) in [6, 6.07) is 6.25. The van der Waals surface area contributed by atoms with Gasteiger partial charge in [-0.1, -0.05) is 24.6 Å². The lowest BCUT2D eigenvalue weighted by atomic mass is 9.97. The van der Waals surface area contributed by atoms with Crippen LogP contribution < -0.4 is 27.2 Å². The van der Waals surface area contributed by atoms with Crippen molar-refractivity contribution in [2.45, 2.75) is 44.8 Å². The highest BCUT2D eigenvalue weighted by Gasteiger charge is 2.34. The summed E-state index contributed by atoms with van der Waals surface area (Å²) in [6.07, 6.45) is 2.99. The van der Waals surface area contributed by atoms with Crippen LogP contribution in [-0.2, 0) is 6.54 Å². The number of hydrogen-bond donors (Lipinski definition) is 6. The number of nitrogen functional groups attached to an aromatic ring is 2. The number of aliphatic hydroxyl groups is 1. The molecule has 1 aromatic heterocycles. The summed E-state index contributed by atoms with van der Waals surface area (Å²) in [6.45, 7) is 6.69. The number of carbonyl (C=O) groups is 1. The number of aliphatic hydroxyl groups excluding tert-OH is 1. The Bertz CT molecular complexity index is 1250. The number of H-pyrrole nitrogens is 1. The normalized spacial score (nSPS) is 19.3. The number of rotatable bonds is 9. The Hall–Kier alpha value is -3.19. The van der Waals surface area contributed by atoms with Gasteiger partial charge in [-0.15, -0.1) is 0 Å². The molecule has 3 heterocycles. The van der Waals surface area contributed by atoms with Crippen molar-refractivity contribution < 1.29 is 9.90 Å². The fourth-order valence-electron chi connectivity index (χ4n) is 5.59. The van der Waals surface area contributed by atoms with Crippen molar-refractivity contribution in [1.29, 1.82) is 5.41 Å². The highest BCUT2D eigenvalue weighted by molar-refractivity contribution is 6.31. The Kier molecular flexibility index (Phi) is 9.44. The SMILES string of the molecule is CCC1CN(c2nc(N)c(C(=O)NCCO)[nH]c2=O)CCN1C1CCN(Cc2ccc(Cl)cc2C(=N)N)CC1. The van der Waals surface area contributed by atoms with Crippen LogP contribution in [-0.4, -0.2) is 94.6 Å². The third-order valence-electron chi connectivity index (χ3n) is 7.63. The molecule has 2 aliphatic rings. The molecule has 0 saturated carbocycles. The molecule has 0 aliphatic carbocycles. The van der Waals surface area contributed by atoms with Gasteiger partial charge in [-0.05, 0) is 50.0 Å². The van der Waals surface area contributed by atoms with Crippen LogP contribution in [0.3, 0.4) is 0 Å². The van der Waals surface area contributed by atoms with Gasteiger partial charge in [-0.2, -0.15) is 0 Å². The number of likely N-dealkylation sites (tertiary alicyclic amines) is 1. The number of halogens is 1. The van der Waals surface area contributed by atoms with Gasteiger partial charge in [0, 0.05) is 55.4 Å². The van der Waals surface area contributed by atoms with Crippen LogP contribution in [0.25, 0.3) is 0 Å². The van der Waals surface area contributed by atoms with E-state index in [1.54, 1.807) is 6.07 Å². The quantitative estimate of drug-likeness (QED) is 0.189. The topological polar surface area (TPSA) is 181 Å². The molecular weight excluding hydrogens is 522 g/mol. The molecular formula is C26H38ClN9O3. The summed E-state index contributed by atoms with van der Waals surface area (Å²) < 4.78 is 0. The summed E-state index contributed by atoms with van der Waals surface area (Å²) in [5, 5.41) is 19.9. The van der Waals surface area contributed by atoms with Crippen LogP contribution in [0.1, 0.15) is 47.8 Å². The standard InChI is InChI=1S/C26H38ClN9O3/c1-2-18-15-35(24-26(39)32-21(23(30)33-24)25(38)31-7-12-37)10-11-36(18)19-5-8-34(9-6-19)14-16-3-4-17(27)13-20(16)22(28)29/h3-4,13,18-19,37H,2,5-12,14-15H2,1H3,(H3,28,29)(H2,30,33)(H,31,38)(H,32,39). The van der Waals surface area contributed by atoms with Gasteiger partial charge in [0.1, 0.15) is 11.5 Å². The molecule has 2 saturated heterocycles. The average Bonchev–Trinajstić information content (AvgIpc) is 2.93. The first-order chi connectivity index (χ1) is 18.7. The van der Waals surface area contributed by atoms with E-state index in [-0.39, 0.29) is 42.4 Å². The molecule has 12 nitrogen and oxygen atoms in total. The van der Waals surface area contributed by atoms with E-state index < -0.39 is 11.5 Å². The summed E-state index contributed by atoms with van der Waals surface area (Å²) in [5.74, 6) is -0.366. The predicted molar refractivity (Wildman–Crippen MR) is 152 cm³/mol. The van der Waals surface area contributed by atoms with Crippen LogP contribution in [0.15, 0.2) is 23.0 Å². The lowest BCUT2D eigenvalue weighted by Gasteiger charge is -2.47. The van der Waals surface area contributed by atoms with Gasteiger partial charge in [0.05, 0.1) is 6.61 Å². The zero-order chi connectivity index (χ0) is 28.1. The molecule has 1 aromatic carbocycles. The highest BCUT2D eigenvalue weighted by atomic mass is 35.5. The molecule has 2 fully saturated rings. The molecule has 2 aliphatic heterocycles. The van der Waals surface area contributed by atoms with Crippen molar-refractivity contribution in [2.24, 2.45) is 5.73 Å². The molecule has 212 valence electrons. The van der Waals surface area contributed by atoms with Crippen molar-refractivity contribution in [3.63, 3.8) is 0 Å². The largest absolute Gasteiger partial charge is 0.395 e. The Morgan fingerprint density at radius 1 is 1.28 bits per heavy atom. The third-order valence-corrected chi connectivity index (χ3v) is 7.86. The van der Waals surface area contributed by atoms with E-state index in [0.717, 1.165) is 51.0 Å². The monoisotopic (exact) mass is 559 g/mol. The predicted octanol–water partition coefficient (Wildman–Crippen LogP) is 0.577. The number of piperazine rings is 1. The molecule has 1 amide bonds. The molecule has 1 atom stereocenters. The molecule has 39 heavy (non-hydrogen) atoms. The second-order valence-corrected chi connectivity index (χ2v) is 10.5. The van der Waals surface area contributed by atoms with Crippen LogP contribution in [0.5, 0.6) is 0 Å². The summed E-state index contributed by atoms with van der Waals surface area (Å²) in [4.78, 5) is 38.8. The van der Waals surface area contributed by atoms with E-state index >= 15 is 0 Å². The van der Waals surface area contributed by atoms with Crippen molar-refractivity contribution in [3.8, 4) is 0 Å². The van der Waals surface area contributed by atoms with E-state index in [2.05, 4.69) is 32.0 Å². The Morgan fingerprint density at radius 3 is 2.69 bits per heavy atom. The zero-order valence-corrected chi connectivity index (χ0v) is 23.0. The maximum atomic E-state index is 12.8. The minimum Gasteiger partial charge on any atom is -0.395 e. The number of amides is 1. The molecule has 0 spiro atoms. The van der Waals surface area contributed by atoms with Crippen LogP contribution >= 0.6 is 11.6 Å². The number of nitrogens with one attached hydrogen (secondary N) is 3. The van der Waals surface area contributed by atoms with Gasteiger partial charge in [0.2, 0.25) is 0 Å². The molecule has 1 unspecified atom stereocenters. The van der Waals surface area contributed by atoms with Gasteiger partial charge in [0.15, 0.2) is 11.6 Å². The fourth-order valence-corrected chi connectivity index (χ4v) is 5.76. The van der Waals surface area contributed by atoms with Gasteiger partial charge in [-0.25, -0.2) is 4.98 Å². The van der Waals surface area contributed by atoms with Crippen LogP contribution in [0, 0.1) is 5.41 Å². The summed E-state index contributed by atoms with van der Waals surface area (Å²) in [7, 11) is 0. The number of amidine groups is 1. The number of aromatic amines is 1. The molecule has 13 heteroatoms. The van der Waals surface area contributed by atoms with Gasteiger partial charge in [0.25, 0.3) is 11.5 Å². The number of aromatic nitrogens is 2. The highest BCUT2D eigenvalue weighted by Crippen LogP contribution is 2.26. The minimum atomic E-state index is -0.575. The smallest absolute Gasteiger partial charge is 0.291 e. The first-order valence-electron chi connectivity index (χ1n) is 13.4. The Morgan fingerprint density at radius 2 is 2.03 bits per heavy atom. The maximum absolute atomic E-state index is 12.8. The number of hydrogen-bond acceptors (Lipinski definition) is 9. The van der Waals surface area contributed by atoms with Crippen LogP contribution in [0.4, 0.5) is 11.6 Å². The first-order valence-corrected chi connectivity index (χ1v) is 13.7. The van der Waals surface area contributed by atoms with Crippen LogP contribution in [0.2, 0.25) is 5.02 Å². The number of piperidine rings is 1. The van der Waals surface area contributed by atoms with Crippen molar-refractivity contribution >= 4 is 35.0 Å². The van der Waals surface area contributed by atoms with E-state index in [1.807, 2.05) is 17.0 Å². The van der Waals surface area contributed by atoms with E-state index in [9.17, 15) is 9.59 Å². The number of carbonyl (C=O) groups excluding carboxylic acids is 1. The second kappa shape index (κ2) is 12.8. The zero-order valence-electron chi connectivity index (χ0n) is 22.3. The van der Waals surface area contributed by atoms with Crippen molar-refractivity contribution in [1.82, 2.24) is 25.1 Å². The van der Waals surface area contributed by atoms with E-state index in [0.29, 0.717) is 29.7 Å². The first kappa shape index (κ1) is 28.8. The van der Waals surface area contributed by atoms with Crippen molar-refractivity contribution in [3.05, 3.63) is 50.4 Å². The molecule has 2 aromatic rings. The lowest BCUT2D eigenvalue weighted by Crippen LogP contribution is -2.59. The number of anilines is 2. The van der Waals surface area contributed by atoms with E-state index in [1.165, 1.54) is 0 Å². The molecule has 0 bridgehead atoms. The van der Waals surface area contributed by atoms with E-state index in [4.69, 9.17) is 33.6 Å². The molecule has 4 rings (SSSR count). The van der Waals surface area contributed by atoms with Gasteiger partial charge in [-0.3, -0.25) is 24.8 Å². The van der Waals surface area contributed by atoms with Gasteiger partial charge >= 0.3 is 0 Å². The minimum absolute atomic E-state index is 0.0285. The number of benzene rings is 1. The molecule has 8 N–H and O–H groups in total. The second-order valence-electron chi connectivity index (χ2n) is 10.1. The Balaban J connectivity index is 1.37. The summed E-state index contributed by atoms with van der Waals surface area (Å²) >= 11 is 6.11. The number of nitrogens with two attached hydrogens (primary N) is 2. The maximum Gasteiger partial charge on any atom is 0.291 e. The Labute approximate surface area is 232 Å². The van der Waals surface area contributed by atoms with Crippen molar-refractivity contribution in [2.75, 3.05) is 56.5 Å². The third kappa shape index (κ3) is 6.70. The number of nitrogens with zero attached hydrogens (tertiary/aromatic N) is 4. The molecule has 0 radical (unpaired) electrons. The van der Waals surface area contributed by atoms with Gasteiger partial charge < -0.3 is 31.8 Å². The lowest BCUT2D eigenvalue weighted by molar-refractivity contribution is 0.0610. The summed E-state index contributed by atoms with van der Waals surface area (Å²) in [5.41, 5.74) is 12.9.